The number of halogens is 1. The zero-order valence-electron chi connectivity index (χ0n) is 10.7. The molecule has 2 aromatic heterocycles. The van der Waals surface area contributed by atoms with Crippen LogP contribution in [0.25, 0.3) is 10.9 Å². The Balaban J connectivity index is 2.01. The van der Waals surface area contributed by atoms with Crippen LogP contribution in [0, 0.1) is 6.92 Å². The van der Waals surface area contributed by atoms with Crippen LogP contribution < -0.4 is 10.5 Å². The summed E-state index contributed by atoms with van der Waals surface area (Å²) in [6.45, 7) is 1.75. The van der Waals surface area contributed by atoms with Gasteiger partial charge in [-0.05, 0) is 36.7 Å². The highest BCUT2D eigenvalue weighted by Crippen LogP contribution is 2.29. The lowest BCUT2D eigenvalue weighted by atomic mass is 10.2. The first-order valence-corrected chi connectivity index (χ1v) is 6.33. The van der Waals surface area contributed by atoms with Gasteiger partial charge in [0.1, 0.15) is 11.4 Å². The second-order valence-corrected chi connectivity index (χ2v) is 4.59. The number of nitrogens with zero attached hydrogens (tertiary/aromatic N) is 3. The topological polar surface area (TPSA) is 73.9 Å². The van der Waals surface area contributed by atoms with Crippen molar-refractivity contribution in [1.29, 1.82) is 0 Å². The first kappa shape index (κ1) is 12.6. The van der Waals surface area contributed by atoms with Gasteiger partial charge in [0.25, 0.3) is 0 Å². The molecule has 6 heteroatoms. The minimum absolute atomic E-state index is 0.102. The number of hydrogen-bond acceptors (Lipinski definition) is 5. The van der Waals surface area contributed by atoms with Gasteiger partial charge in [-0.1, -0.05) is 6.07 Å². The molecule has 0 aliphatic rings. The number of pyridine rings is 1. The molecule has 20 heavy (non-hydrogen) atoms. The average Bonchev–Trinajstić information content (AvgIpc) is 2.44. The Hall–Kier alpha value is -2.40. The molecule has 3 rings (SSSR count). The predicted octanol–water partition coefficient (Wildman–Crippen LogP) is 3.36. The van der Waals surface area contributed by atoms with Gasteiger partial charge in [-0.2, -0.15) is 4.98 Å². The van der Waals surface area contributed by atoms with Gasteiger partial charge >= 0.3 is 0 Å². The Morgan fingerprint density at radius 3 is 2.90 bits per heavy atom. The maximum atomic E-state index is 5.89. The number of aromatic nitrogens is 3. The van der Waals surface area contributed by atoms with Crippen molar-refractivity contribution < 1.29 is 4.74 Å². The number of rotatable bonds is 2. The monoisotopic (exact) mass is 286 g/mol. The number of benzene rings is 1. The van der Waals surface area contributed by atoms with Crippen LogP contribution in [0.4, 0.5) is 5.69 Å². The summed E-state index contributed by atoms with van der Waals surface area (Å²) in [7, 11) is 0. The van der Waals surface area contributed by atoms with Gasteiger partial charge in [0.05, 0.1) is 11.2 Å². The molecule has 5 nitrogen and oxygen atoms in total. The Morgan fingerprint density at radius 1 is 1.20 bits per heavy atom. The average molecular weight is 287 g/mol. The number of anilines is 1. The summed E-state index contributed by atoms with van der Waals surface area (Å²) in [5.74, 6) is 0.842. The van der Waals surface area contributed by atoms with Crippen molar-refractivity contribution in [2.45, 2.75) is 6.92 Å². The minimum Gasteiger partial charge on any atom is -0.437 e. The van der Waals surface area contributed by atoms with Gasteiger partial charge in [-0.25, -0.2) is 4.98 Å². The SMILES string of the molecule is Cc1nc(Cl)nc(Oc2ccc3cccnc3c2)c1N. The van der Waals surface area contributed by atoms with Crippen LogP contribution in [-0.2, 0) is 0 Å². The summed E-state index contributed by atoms with van der Waals surface area (Å²) >= 11 is 5.81. The summed E-state index contributed by atoms with van der Waals surface area (Å²) in [5, 5.41) is 1.13. The van der Waals surface area contributed by atoms with E-state index in [0.717, 1.165) is 10.9 Å². The Kier molecular flexibility index (Phi) is 3.12. The fourth-order valence-corrected chi connectivity index (χ4v) is 2.03. The van der Waals surface area contributed by atoms with Crippen molar-refractivity contribution >= 4 is 28.2 Å². The lowest BCUT2D eigenvalue weighted by molar-refractivity contribution is 0.464. The van der Waals surface area contributed by atoms with Crippen molar-refractivity contribution in [3.8, 4) is 11.6 Å². The van der Waals surface area contributed by atoms with Crippen molar-refractivity contribution in [3.63, 3.8) is 0 Å². The molecular weight excluding hydrogens is 276 g/mol. The van der Waals surface area contributed by atoms with E-state index in [1.807, 2.05) is 30.3 Å². The molecule has 0 unspecified atom stereocenters. The lowest BCUT2D eigenvalue weighted by Gasteiger charge is -2.09. The summed E-state index contributed by atoms with van der Waals surface area (Å²) in [6, 6.07) is 9.43. The third kappa shape index (κ3) is 2.35. The lowest BCUT2D eigenvalue weighted by Crippen LogP contribution is -2.00. The number of aryl methyl sites for hydroxylation is 1. The molecule has 0 radical (unpaired) electrons. The standard InChI is InChI=1S/C14H11ClN4O/c1-8-12(16)13(19-14(15)18-8)20-10-5-4-9-3-2-6-17-11(9)7-10/h2-7H,16H2,1H3. The third-order valence-corrected chi connectivity index (χ3v) is 3.03. The normalized spacial score (nSPS) is 10.7. The number of ether oxygens (including phenoxy) is 1. The van der Waals surface area contributed by atoms with Crippen LogP contribution in [0.5, 0.6) is 11.6 Å². The van der Waals surface area contributed by atoms with E-state index in [0.29, 0.717) is 17.1 Å². The van der Waals surface area contributed by atoms with Gasteiger partial charge in [-0.3, -0.25) is 4.98 Å². The molecule has 0 saturated heterocycles. The molecule has 2 heterocycles. The Morgan fingerprint density at radius 2 is 2.05 bits per heavy atom. The van der Waals surface area contributed by atoms with Crippen molar-refractivity contribution in [2.75, 3.05) is 5.73 Å². The number of fused-ring (bicyclic) bond motifs is 1. The van der Waals surface area contributed by atoms with Crippen LogP contribution in [0.2, 0.25) is 5.28 Å². The zero-order chi connectivity index (χ0) is 14.1. The number of nitrogens with two attached hydrogens (primary N) is 1. The van der Waals surface area contributed by atoms with Crippen LogP contribution in [0.1, 0.15) is 5.69 Å². The zero-order valence-corrected chi connectivity index (χ0v) is 11.4. The third-order valence-electron chi connectivity index (χ3n) is 2.87. The number of nitrogen functional groups attached to an aromatic ring is 1. The fourth-order valence-electron chi connectivity index (χ4n) is 1.82. The van der Waals surface area contributed by atoms with Gasteiger partial charge < -0.3 is 10.5 Å². The number of hydrogen-bond donors (Lipinski definition) is 1. The maximum Gasteiger partial charge on any atom is 0.247 e. The second-order valence-electron chi connectivity index (χ2n) is 4.26. The molecule has 0 amide bonds. The van der Waals surface area contributed by atoms with E-state index in [4.69, 9.17) is 22.1 Å². The van der Waals surface area contributed by atoms with E-state index in [2.05, 4.69) is 15.0 Å². The Bertz CT molecular complexity index is 791. The molecule has 0 spiro atoms. The minimum atomic E-state index is 0.102. The van der Waals surface area contributed by atoms with Crippen LogP contribution >= 0.6 is 11.6 Å². The molecule has 0 saturated carbocycles. The van der Waals surface area contributed by atoms with Gasteiger partial charge in [0.15, 0.2) is 0 Å². The molecule has 2 N–H and O–H groups in total. The highest BCUT2D eigenvalue weighted by molar-refractivity contribution is 6.28. The quantitative estimate of drug-likeness (QED) is 0.731. The van der Waals surface area contributed by atoms with E-state index in [9.17, 15) is 0 Å². The summed E-state index contributed by atoms with van der Waals surface area (Å²) in [6.07, 6.45) is 1.73. The van der Waals surface area contributed by atoms with Crippen LogP contribution in [0.15, 0.2) is 36.5 Å². The van der Waals surface area contributed by atoms with E-state index in [1.54, 1.807) is 13.1 Å². The molecule has 0 fully saturated rings. The first-order chi connectivity index (χ1) is 9.63. The molecule has 1 aromatic carbocycles. The summed E-state index contributed by atoms with van der Waals surface area (Å²) < 4.78 is 5.68. The van der Waals surface area contributed by atoms with Gasteiger partial charge in [0, 0.05) is 17.6 Å². The fraction of sp³-hybridized carbons (Fsp3) is 0.0714. The van der Waals surface area contributed by atoms with Crippen LogP contribution in [0.3, 0.4) is 0 Å². The first-order valence-electron chi connectivity index (χ1n) is 5.96. The smallest absolute Gasteiger partial charge is 0.247 e. The Labute approximate surface area is 120 Å². The van der Waals surface area contributed by atoms with E-state index >= 15 is 0 Å². The molecule has 0 atom stereocenters. The molecule has 0 aliphatic heterocycles. The molecule has 0 bridgehead atoms. The van der Waals surface area contributed by atoms with E-state index in [1.165, 1.54) is 0 Å². The second kappa shape index (κ2) is 4.94. The largest absolute Gasteiger partial charge is 0.437 e. The van der Waals surface area contributed by atoms with Gasteiger partial charge in [0.2, 0.25) is 11.2 Å². The van der Waals surface area contributed by atoms with Crippen molar-refractivity contribution in [3.05, 3.63) is 47.5 Å². The summed E-state index contributed by atoms with van der Waals surface area (Å²) in [4.78, 5) is 12.2. The molecular formula is C14H11ClN4O. The van der Waals surface area contributed by atoms with Crippen LogP contribution in [-0.4, -0.2) is 15.0 Å². The van der Waals surface area contributed by atoms with Crippen molar-refractivity contribution in [2.24, 2.45) is 0 Å². The maximum absolute atomic E-state index is 5.89. The molecule has 100 valence electrons. The predicted molar refractivity (Wildman–Crippen MR) is 78.0 cm³/mol. The van der Waals surface area contributed by atoms with E-state index in [-0.39, 0.29) is 11.2 Å². The highest BCUT2D eigenvalue weighted by atomic mass is 35.5. The van der Waals surface area contributed by atoms with Gasteiger partial charge in [-0.15, -0.1) is 0 Å². The highest BCUT2D eigenvalue weighted by Gasteiger charge is 2.10. The van der Waals surface area contributed by atoms with E-state index < -0.39 is 0 Å². The molecule has 3 aromatic rings. The molecule has 0 aliphatic carbocycles. The summed E-state index contributed by atoms with van der Waals surface area (Å²) in [5.41, 5.74) is 7.67. The van der Waals surface area contributed by atoms with Crippen molar-refractivity contribution in [1.82, 2.24) is 15.0 Å².